The smallest absolute Gasteiger partial charge is 0.264 e. The van der Waals surface area contributed by atoms with Gasteiger partial charge in [0.25, 0.3) is 10.0 Å². The van der Waals surface area contributed by atoms with Gasteiger partial charge in [0.15, 0.2) is 0 Å². The molecule has 0 aromatic heterocycles. The van der Waals surface area contributed by atoms with Crippen molar-refractivity contribution in [3.8, 4) is 5.75 Å². The SMILES string of the molecule is CCNC(=O)[C@@H](C)N(Cc1cccc(Br)c1)C(=O)CN(c1ccc(OCC)cc1)S(=O)(=O)c1ccc(Br)cc1. The molecule has 0 spiro atoms. The van der Waals surface area contributed by atoms with Gasteiger partial charge in [0, 0.05) is 22.0 Å². The minimum absolute atomic E-state index is 0.0303. The highest BCUT2D eigenvalue weighted by atomic mass is 79.9. The van der Waals surface area contributed by atoms with Crippen LogP contribution in [0.15, 0.2) is 86.6 Å². The van der Waals surface area contributed by atoms with Crippen LogP contribution in [-0.4, -0.2) is 50.9 Å². The molecule has 0 aliphatic heterocycles. The number of ether oxygens (including phenoxy) is 1. The molecule has 0 bridgehead atoms. The van der Waals surface area contributed by atoms with E-state index in [0.29, 0.717) is 24.6 Å². The fraction of sp³-hybridized carbons (Fsp3) is 0.286. The topological polar surface area (TPSA) is 96.0 Å². The highest BCUT2D eigenvalue weighted by molar-refractivity contribution is 9.10. The van der Waals surface area contributed by atoms with E-state index in [1.165, 1.54) is 17.0 Å². The van der Waals surface area contributed by atoms with Crippen molar-refractivity contribution in [1.29, 1.82) is 0 Å². The van der Waals surface area contributed by atoms with Crippen molar-refractivity contribution in [3.05, 3.63) is 87.3 Å². The Morgan fingerprint density at radius 2 is 1.62 bits per heavy atom. The standard InChI is InChI=1S/C28H31Br2N3O5S/c1-4-31-28(35)20(3)32(18-21-7-6-8-23(30)17-21)27(34)19-33(24-11-13-25(14-12-24)38-5-2)39(36,37)26-15-9-22(29)10-16-26/h6-17,20H,4-5,18-19H2,1-3H3,(H,31,35)/t20-/m1/s1. The summed E-state index contributed by atoms with van der Waals surface area (Å²) in [7, 11) is -4.14. The van der Waals surface area contributed by atoms with Gasteiger partial charge < -0.3 is 15.0 Å². The molecule has 0 fully saturated rings. The van der Waals surface area contributed by atoms with Gasteiger partial charge >= 0.3 is 0 Å². The van der Waals surface area contributed by atoms with Gasteiger partial charge in [-0.25, -0.2) is 8.42 Å². The molecular formula is C28H31Br2N3O5S. The maximum Gasteiger partial charge on any atom is 0.264 e. The Labute approximate surface area is 246 Å². The van der Waals surface area contributed by atoms with Crippen LogP contribution in [0.1, 0.15) is 26.3 Å². The fourth-order valence-corrected chi connectivity index (χ4v) is 6.00. The maximum atomic E-state index is 13.9. The number of nitrogens with one attached hydrogen (secondary N) is 1. The zero-order valence-corrected chi connectivity index (χ0v) is 25.9. The molecule has 0 aliphatic carbocycles. The van der Waals surface area contributed by atoms with Crippen LogP contribution in [0.3, 0.4) is 0 Å². The summed E-state index contributed by atoms with van der Waals surface area (Å²) in [5.74, 6) is -0.276. The van der Waals surface area contributed by atoms with Crippen molar-refractivity contribution in [3.63, 3.8) is 0 Å². The third-order valence-electron chi connectivity index (χ3n) is 5.88. The summed E-state index contributed by atoms with van der Waals surface area (Å²) in [5, 5.41) is 2.75. The Balaban J connectivity index is 2.03. The van der Waals surface area contributed by atoms with Crippen LogP contribution in [0.4, 0.5) is 5.69 Å². The van der Waals surface area contributed by atoms with E-state index in [0.717, 1.165) is 18.8 Å². The van der Waals surface area contributed by atoms with Crippen LogP contribution in [-0.2, 0) is 26.2 Å². The van der Waals surface area contributed by atoms with Crippen molar-refractivity contribution < 1.29 is 22.7 Å². The lowest BCUT2D eigenvalue weighted by Crippen LogP contribution is -2.51. The van der Waals surface area contributed by atoms with Crippen LogP contribution in [0.2, 0.25) is 0 Å². The van der Waals surface area contributed by atoms with Crippen LogP contribution < -0.4 is 14.4 Å². The number of carbonyl (C=O) groups is 2. The predicted molar refractivity (Wildman–Crippen MR) is 159 cm³/mol. The number of hydrogen-bond acceptors (Lipinski definition) is 5. The molecule has 3 aromatic rings. The van der Waals surface area contributed by atoms with E-state index in [1.807, 2.05) is 31.2 Å². The summed E-state index contributed by atoms with van der Waals surface area (Å²) in [6.45, 7) is 5.75. The molecule has 208 valence electrons. The summed E-state index contributed by atoms with van der Waals surface area (Å²) in [6, 6.07) is 19.3. The number of carbonyl (C=O) groups excluding carboxylic acids is 2. The van der Waals surface area contributed by atoms with Gasteiger partial charge in [-0.05, 0) is 87.0 Å². The molecule has 3 rings (SSSR count). The molecule has 1 atom stereocenters. The molecule has 0 heterocycles. The second-order valence-corrected chi connectivity index (χ2v) is 12.3. The van der Waals surface area contributed by atoms with Crippen LogP contribution in [0, 0.1) is 0 Å². The number of halogens is 2. The predicted octanol–water partition coefficient (Wildman–Crippen LogP) is 5.36. The van der Waals surface area contributed by atoms with Crippen molar-refractivity contribution in [2.75, 3.05) is 24.0 Å². The first-order valence-electron chi connectivity index (χ1n) is 12.4. The molecule has 0 aliphatic rings. The molecule has 1 N–H and O–H groups in total. The Kier molecular flexibility index (Phi) is 11.0. The Morgan fingerprint density at radius 3 is 2.21 bits per heavy atom. The lowest BCUT2D eigenvalue weighted by molar-refractivity contribution is -0.139. The molecule has 2 amide bonds. The summed E-state index contributed by atoms with van der Waals surface area (Å²) < 4.78 is 35.8. The van der Waals surface area contributed by atoms with E-state index in [9.17, 15) is 18.0 Å². The minimum Gasteiger partial charge on any atom is -0.494 e. The first-order chi connectivity index (χ1) is 18.6. The monoisotopic (exact) mass is 679 g/mol. The van der Waals surface area contributed by atoms with Crippen molar-refractivity contribution in [2.45, 2.75) is 38.3 Å². The zero-order chi connectivity index (χ0) is 28.6. The number of likely N-dealkylation sites (N-methyl/N-ethyl adjacent to an activating group) is 1. The zero-order valence-electron chi connectivity index (χ0n) is 21.9. The van der Waals surface area contributed by atoms with E-state index in [2.05, 4.69) is 37.2 Å². The van der Waals surface area contributed by atoms with E-state index >= 15 is 0 Å². The van der Waals surface area contributed by atoms with E-state index in [1.54, 1.807) is 50.2 Å². The lowest BCUT2D eigenvalue weighted by atomic mass is 10.1. The average molecular weight is 681 g/mol. The second-order valence-electron chi connectivity index (χ2n) is 8.61. The summed E-state index contributed by atoms with van der Waals surface area (Å²) >= 11 is 6.77. The number of hydrogen-bond donors (Lipinski definition) is 1. The summed E-state index contributed by atoms with van der Waals surface area (Å²) in [6.07, 6.45) is 0. The van der Waals surface area contributed by atoms with Crippen LogP contribution >= 0.6 is 31.9 Å². The van der Waals surface area contributed by atoms with Crippen LogP contribution in [0.5, 0.6) is 5.75 Å². The quantitative estimate of drug-likeness (QED) is 0.278. The highest BCUT2D eigenvalue weighted by Crippen LogP contribution is 2.27. The van der Waals surface area contributed by atoms with Gasteiger partial charge in [-0.15, -0.1) is 0 Å². The molecule has 39 heavy (non-hydrogen) atoms. The van der Waals surface area contributed by atoms with Gasteiger partial charge in [-0.1, -0.05) is 44.0 Å². The highest BCUT2D eigenvalue weighted by Gasteiger charge is 2.32. The first-order valence-corrected chi connectivity index (χ1v) is 15.4. The third kappa shape index (κ3) is 8.06. The normalized spacial score (nSPS) is 11.9. The van der Waals surface area contributed by atoms with Crippen molar-refractivity contribution >= 4 is 59.4 Å². The van der Waals surface area contributed by atoms with Gasteiger partial charge in [0.2, 0.25) is 11.8 Å². The Morgan fingerprint density at radius 1 is 0.949 bits per heavy atom. The molecule has 11 heteroatoms. The van der Waals surface area contributed by atoms with E-state index in [4.69, 9.17) is 4.74 Å². The molecule has 3 aromatic carbocycles. The molecule has 0 unspecified atom stereocenters. The lowest BCUT2D eigenvalue weighted by Gasteiger charge is -2.32. The number of benzene rings is 3. The fourth-order valence-electron chi connectivity index (χ4n) is 3.87. The minimum atomic E-state index is -4.14. The number of sulfonamides is 1. The van der Waals surface area contributed by atoms with E-state index in [-0.39, 0.29) is 17.3 Å². The second kappa shape index (κ2) is 14.0. The number of nitrogens with zero attached hydrogens (tertiary/aromatic N) is 2. The summed E-state index contributed by atoms with van der Waals surface area (Å²) in [4.78, 5) is 28.1. The Bertz CT molecular complexity index is 1380. The van der Waals surface area contributed by atoms with Crippen molar-refractivity contribution in [2.24, 2.45) is 0 Å². The summed E-state index contributed by atoms with van der Waals surface area (Å²) in [5.41, 5.74) is 1.08. The third-order valence-corrected chi connectivity index (χ3v) is 8.69. The van der Waals surface area contributed by atoms with Crippen LogP contribution in [0.25, 0.3) is 0 Å². The first kappa shape index (κ1) is 30.6. The number of rotatable bonds is 12. The van der Waals surface area contributed by atoms with Crippen molar-refractivity contribution in [1.82, 2.24) is 10.2 Å². The average Bonchev–Trinajstić information content (AvgIpc) is 2.91. The maximum absolute atomic E-state index is 13.9. The molecular weight excluding hydrogens is 650 g/mol. The van der Waals surface area contributed by atoms with E-state index < -0.39 is 28.5 Å². The van der Waals surface area contributed by atoms with Gasteiger partial charge in [0.05, 0.1) is 17.2 Å². The molecule has 0 radical (unpaired) electrons. The van der Waals surface area contributed by atoms with Gasteiger partial charge in [-0.3, -0.25) is 13.9 Å². The number of anilines is 1. The van der Waals surface area contributed by atoms with Gasteiger partial charge in [-0.2, -0.15) is 0 Å². The molecule has 8 nitrogen and oxygen atoms in total. The Hall–Kier alpha value is -2.89. The molecule has 0 saturated heterocycles. The molecule has 0 saturated carbocycles. The number of amides is 2. The largest absolute Gasteiger partial charge is 0.494 e. The van der Waals surface area contributed by atoms with Gasteiger partial charge in [0.1, 0.15) is 18.3 Å².